The third kappa shape index (κ3) is 3.39. The van der Waals surface area contributed by atoms with E-state index in [1.807, 2.05) is 30.3 Å². The summed E-state index contributed by atoms with van der Waals surface area (Å²) in [6.07, 6.45) is 0.802. The number of aliphatic hydroxyl groups is 1. The molecule has 0 spiro atoms. The van der Waals surface area contributed by atoms with E-state index in [9.17, 15) is 14.7 Å². The van der Waals surface area contributed by atoms with E-state index in [1.165, 1.54) is 4.90 Å². The van der Waals surface area contributed by atoms with E-state index in [-0.39, 0.29) is 18.9 Å². The number of likely N-dealkylation sites (tertiary alicyclic amines) is 1. The van der Waals surface area contributed by atoms with Crippen molar-refractivity contribution in [1.29, 1.82) is 0 Å². The Morgan fingerprint density at radius 2 is 1.92 bits per heavy atom. The van der Waals surface area contributed by atoms with Crippen molar-refractivity contribution in [3.8, 4) is 11.3 Å². The molecule has 0 bridgehead atoms. The number of primary amides is 1. The molecule has 1 fully saturated rings. The Labute approximate surface area is 146 Å². The van der Waals surface area contributed by atoms with Crippen LogP contribution in [-0.2, 0) is 4.79 Å². The van der Waals surface area contributed by atoms with Crippen LogP contribution in [0.1, 0.15) is 28.9 Å². The molecule has 25 heavy (non-hydrogen) atoms. The lowest BCUT2D eigenvalue weighted by Crippen LogP contribution is -2.57. The SMILES string of the molecule is Cc1nc(-c2ccccc2)ccc1C(=O)N1CCCC(O)(C(N)=O)C1. The van der Waals surface area contributed by atoms with Crippen LogP contribution < -0.4 is 5.73 Å². The number of aromatic nitrogens is 1. The molecule has 0 aliphatic carbocycles. The molecule has 1 aliphatic rings. The Hall–Kier alpha value is -2.73. The molecule has 1 aromatic heterocycles. The summed E-state index contributed by atoms with van der Waals surface area (Å²) in [6.45, 7) is 2.18. The summed E-state index contributed by atoms with van der Waals surface area (Å²) in [4.78, 5) is 30.3. The number of hydrogen-bond donors (Lipinski definition) is 2. The van der Waals surface area contributed by atoms with Crippen LogP contribution in [-0.4, -0.2) is 45.5 Å². The summed E-state index contributed by atoms with van der Waals surface area (Å²) in [5, 5.41) is 10.3. The summed E-state index contributed by atoms with van der Waals surface area (Å²) in [5.74, 6) is -1.04. The molecular weight excluding hydrogens is 318 g/mol. The maximum atomic E-state index is 12.8. The molecule has 130 valence electrons. The lowest BCUT2D eigenvalue weighted by Gasteiger charge is -2.37. The minimum absolute atomic E-state index is 0.0823. The van der Waals surface area contributed by atoms with Crippen molar-refractivity contribution < 1.29 is 14.7 Å². The van der Waals surface area contributed by atoms with Crippen molar-refractivity contribution in [2.24, 2.45) is 5.73 Å². The Morgan fingerprint density at radius 3 is 2.56 bits per heavy atom. The molecule has 1 saturated heterocycles. The molecule has 2 aromatic rings. The minimum atomic E-state index is -1.65. The van der Waals surface area contributed by atoms with Crippen LogP contribution in [0.15, 0.2) is 42.5 Å². The number of aryl methyl sites for hydroxylation is 1. The van der Waals surface area contributed by atoms with Gasteiger partial charge in [0.05, 0.1) is 23.5 Å². The van der Waals surface area contributed by atoms with Gasteiger partial charge in [-0.1, -0.05) is 30.3 Å². The van der Waals surface area contributed by atoms with Crippen molar-refractivity contribution in [3.05, 3.63) is 53.7 Å². The second kappa shape index (κ2) is 6.64. The van der Waals surface area contributed by atoms with Gasteiger partial charge in [0.15, 0.2) is 5.60 Å². The maximum Gasteiger partial charge on any atom is 0.255 e. The number of piperidine rings is 1. The fourth-order valence-corrected chi connectivity index (χ4v) is 3.14. The monoisotopic (exact) mass is 339 g/mol. The summed E-state index contributed by atoms with van der Waals surface area (Å²) in [5.41, 5.74) is 6.47. The molecule has 3 rings (SSSR count). The predicted molar refractivity (Wildman–Crippen MR) is 93.7 cm³/mol. The van der Waals surface area contributed by atoms with Crippen molar-refractivity contribution in [1.82, 2.24) is 9.88 Å². The second-order valence-electron chi connectivity index (χ2n) is 6.42. The number of pyridine rings is 1. The number of benzene rings is 1. The number of amides is 2. The second-order valence-corrected chi connectivity index (χ2v) is 6.42. The van der Waals surface area contributed by atoms with Crippen LogP contribution >= 0.6 is 0 Å². The van der Waals surface area contributed by atoms with Crippen LogP contribution in [0.4, 0.5) is 0 Å². The zero-order valence-corrected chi connectivity index (χ0v) is 14.1. The Bertz CT molecular complexity index is 807. The highest BCUT2D eigenvalue weighted by Gasteiger charge is 2.40. The van der Waals surface area contributed by atoms with E-state index in [4.69, 9.17) is 5.73 Å². The van der Waals surface area contributed by atoms with Crippen LogP contribution in [0.25, 0.3) is 11.3 Å². The summed E-state index contributed by atoms with van der Waals surface area (Å²) < 4.78 is 0. The largest absolute Gasteiger partial charge is 0.378 e. The van der Waals surface area contributed by atoms with Crippen molar-refractivity contribution >= 4 is 11.8 Å². The first-order chi connectivity index (χ1) is 11.9. The third-order valence-electron chi connectivity index (χ3n) is 4.60. The van der Waals surface area contributed by atoms with Gasteiger partial charge in [0, 0.05) is 12.1 Å². The first kappa shape index (κ1) is 17.1. The van der Waals surface area contributed by atoms with E-state index in [0.717, 1.165) is 11.3 Å². The lowest BCUT2D eigenvalue weighted by atomic mass is 9.91. The predicted octanol–water partition coefficient (Wildman–Crippen LogP) is 1.51. The summed E-state index contributed by atoms with van der Waals surface area (Å²) in [7, 11) is 0. The average Bonchev–Trinajstić information content (AvgIpc) is 2.62. The van der Waals surface area contributed by atoms with E-state index in [0.29, 0.717) is 24.2 Å². The highest BCUT2D eigenvalue weighted by Crippen LogP contribution is 2.24. The molecule has 3 N–H and O–H groups in total. The molecule has 0 saturated carbocycles. The first-order valence-electron chi connectivity index (χ1n) is 8.25. The van der Waals surface area contributed by atoms with E-state index in [2.05, 4.69) is 4.98 Å². The molecule has 2 amide bonds. The molecular formula is C19H21N3O3. The lowest BCUT2D eigenvalue weighted by molar-refractivity contribution is -0.140. The maximum absolute atomic E-state index is 12.8. The molecule has 1 atom stereocenters. The van der Waals surface area contributed by atoms with E-state index < -0.39 is 11.5 Å². The Kier molecular flexibility index (Phi) is 4.55. The summed E-state index contributed by atoms with van der Waals surface area (Å²) >= 11 is 0. The van der Waals surface area contributed by atoms with Crippen molar-refractivity contribution in [3.63, 3.8) is 0 Å². The number of carbonyl (C=O) groups excluding carboxylic acids is 2. The average molecular weight is 339 g/mol. The van der Waals surface area contributed by atoms with Gasteiger partial charge in [0.1, 0.15) is 0 Å². The molecule has 1 unspecified atom stereocenters. The zero-order chi connectivity index (χ0) is 18.0. The van der Waals surface area contributed by atoms with Crippen LogP contribution in [0.2, 0.25) is 0 Å². The Balaban J connectivity index is 1.84. The normalized spacial score (nSPS) is 20.3. The minimum Gasteiger partial charge on any atom is -0.378 e. The topological polar surface area (TPSA) is 96.5 Å². The van der Waals surface area contributed by atoms with Crippen molar-refractivity contribution in [2.75, 3.05) is 13.1 Å². The first-order valence-corrected chi connectivity index (χ1v) is 8.25. The van der Waals surface area contributed by atoms with E-state index in [1.54, 1.807) is 19.1 Å². The van der Waals surface area contributed by atoms with Gasteiger partial charge in [-0.25, -0.2) is 0 Å². The number of β-amino-alcohol motifs (C(OH)–C–C–N with tert-alkyl or cyclic N) is 1. The molecule has 6 nitrogen and oxygen atoms in total. The van der Waals surface area contributed by atoms with E-state index >= 15 is 0 Å². The highest BCUT2D eigenvalue weighted by molar-refractivity contribution is 5.96. The number of carbonyl (C=O) groups is 2. The van der Waals surface area contributed by atoms with Gasteiger partial charge >= 0.3 is 0 Å². The van der Waals surface area contributed by atoms with Crippen LogP contribution in [0.3, 0.4) is 0 Å². The summed E-state index contributed by atoms with van der Waals surface area (Å²) in [6, 6.07) is 13.3. The van der Waals surface area contributed by atoms with Crippen LogP contribution in [0, 0.1) is 6.92 Å². The number of rotatable bonds is 3. The molecule has 6 heteroatoms. The quantitative estimate of drug-likeness (QED) is 0.886. The van der Waals surface area contributed by atoms with Gasteiger partial charge in [-0.15, -0.1) is 0 Å². The Morgan fingerprint density at radius 1 is 1.20 bits per heavy atom. The third-order valence-corrected chi connectivity index (χ3v) is 4.60. The van der Waals surface area contributed by atoms with Crippen molar-refractivity contribution in [2.45, 2.75) is 25.4 Å². The van der Waals surface area contributed by atoms with Gasteiger partial charge < -0.3 is 15.7 Å². The molecule has 1 aromatic carbocycles. The fourth-order valence-electron chi connectivity index (χ4n) is 3.14. The number of nitrogens with two attached hydrogens (primary N) is 1. The zero-order valence-electron chi connectivity index (χ0n) is 14.1. The highest BCUT2D eigenvalue weighted by atomic mass is 16.3. The number of hydrogen-bond acceptors (Lipinski definition) is 4. The number of nitrogens with zero attached hydrogens (tertiary/aromatic N) is 2. The smallest absolute Gasteiger partial charge is 0.255 e. The van der Waals surface area contributed by atoms with Gasteiger partial charge in [-0.2, -0.15) is 0 Å². The fraction of sp³-hybridized carbons (Fsp3) is 0.316. The van der Waals surface area contributed by atoms with Gasteiger partial charge in [0.2, 0.25) is 0 Å². The van der Waals surface area contributed by atoms with Gasteiger partial charge in [-0.05, 0) is 31.9 Å². The molecule has 1 aliphatic heterocycles. The molecule has 2 heterocycles. The van der Waals surface area contributed by atoms with Crippen LogP contribution in [0.5, 0.6) is 0 Å². The van der Waals surface area contributed by atoms with Gasteiger partial charge in [-0.3, -0.25) is 14.6 Å². The standard InChI is InChI=1S/C19H21N3O3/c1-13-15(8-9-16(21-13)14-6-3-2-4-7-14)17(23)22-11-5-10-19(25,12-22)18(20)24/h2-4,6-9,25H,5,10-12H2,1H3,(H2,20,24). The molecule has 0 radical (unpaired) electrons. The van der Waals surface area contributed by atoms with Gasteiger partial charge in [0.25, 0.3) is 11.8 Å².